The minimum Gasteiger partial charge on any atom is -0.463 e. The van der Waals surface area contributed by atoms with Crippen molar-refractivity contribution in [1.82, 2.24) is 20.3 Å². The van der Waals surface area contributed by atoms with Crippen molar-refractivity contribution >= 4 is 22.5 Å². The number of furan rings is 1. The fraction of sp³-hybridized carbons (Fsp3) is 0.143. The lowest BCUT2D eigenvalue weighted by molar-refractivity contribution is 0.251. The van der Waals surface area contributed by atoms with Crippen LogP contribution in [0.1, 0.15) is 11.4 Å². The summed E-state index contributed by atoms with van der Waals surface area (Å²) in [6.07, 6.45) is 4.73. The Morgan fingerprint density at radius 3 is 2.95 bits per heavy atom. The molecule has 0 bridgehead atoms. The zero-order valence-corrected chi connectivity index (χ0v) is 12.6. The van der Waals surface area contributed by atoms with Crippen LogP contribution in [-0.2, 0) is 6.54 Å². The van der Waals surface area contributed by atoms with E-state index in [9.17, 15) is 4.79 Å². The maximum absolute atomic E-state index is 11.9. The number of carbonyl (C=O) groups is 1. The van der Waals surface area contributed by atoms with Gasteiger partial charge in [0, 0.05) is 17.8 Å². The van der Waals surface area contributed by atoms with Gasteiger partial charge in [-0.15, -0.1) is 11.3 Å². The van der Waals surface area contributed by atoms with E-state index in [4.69, 9.17) is 4.42 Å². The summed E-state index contributed by atoms with van der Waals surface area (Å²) in [5, 5.41) is 7.83. The molecule has 22 heavy (non-hydrogen) atoms. The molecule has 0 aliphatic carbocycles. The molecule has 0 spiro atoms. The second-order valence-electron chi connectivity index (χ2n) is 4.43. The molecule has 8 heteroatoms. The average molecular weight is 315 g/mol. The van der Waals surface area contributed by atoms with Crippen LogP contribution in [0.2, 0.25) is 0 Å². The van der Waals surface area contributed by atoms with Gasteiger partial charge < -0.3 is 9.73 Å². The molecule has 2 N–H and O–H groups in total. The molecule has 112 valence electrons. The largest absolute Gasteiger partial charge is 0.463 e. The van der Waals surface area contributed by atoms with Gasteiger partial charge in [-0.3, -0.25) is 10.3 Å². The van der Waals surface area contributed by atoms with Crippen molar-refractivity contribution < 1.29 is 9.21 Å². The van der Waals surface area contributed by atoms with Crippen molar-refractivity contribution in [2.75, 3.05) is 5.32 Å². The number of aromatic nitrogens is 3. The van der Waals surface area contributed by atoms with Crippen LogP contribution in [0.5, 0.6) is 0 Å². The highest BCUT2D eigenvalue weighted by Gasteiger charge is 2.12. The van der Waals surface area contributed by atoms with Gasteiger partial charge in [-0.05, 0) is 19.1 Å². The van der Waals surface area contributed by atoms with Crippen LogP contribution >= 0.6 is 11.3 Å². The Bertz CT molecular complexity index is 769. The van der Waals surface area contributed by atoms with E-state index in [-0.39, 0.29) is 12.6 Å². The Balaban J connectivity index is 1.65. The number of hydrogen-bond donors (Lipinski definition) is 2. The smallest absolute Gasteiger partial charge is 0.321 e. The number of nitrogens with one attached hydrogen (secondary N) is 2. The van der Waals surface area contributed by atoms with Gasteiger partial charge in [0.2, 0.25) is 0 Å². The van der Waals surface area contributed by atoms with E-state index in [1.165, 1.54) is 11.3 Å². The van der Waals surface area contributed by atoms with Crippen molar-refractivity contribution in [3.05, 3.63) is 47.6 Å². The molecule has 0 aromatic carbocycles. The number of aryl methyl sites for hydroxylation is 1. The van der Waals surface area contributed by atoms with Gasteiger partial charge in [0.25, 0.3) is 0 Å². The molecular formula is C14H13N5O2S. The van der Waals surface area contributed by atoms with Crippen LogP contribution in [0.25, 0.3) is 11.5 Å². The molecular weight excluding hydrogens is 302 g/mol. The van der Waals surface area contributed by atoms with Gasteiger partial charge in [0.15, 0.2) is 10.9 Å². The first kappa shape index (κ1) is 14.2. The second kappa shape index (κ2) is 6.35. The first-order valence-electron chi connectivity index (χ1n) is 6.53. The molecule has 2 amide bonds. The van der Waals surface area contributed by atoms with Crippen LogP contribution in [0.4, 0.5) is 9.93 Å². The third-order valence-electron chi connectivity index (χ3n) is 2.78. The van der Waals surface area contributed by atoms with Crippen molar-refractivity contribution in [1.29, 1.82) is 0 Å². The molecule has 0 unspecified atom stereocenters. The highest BCUT2D eigenvalue weighted by atomic mass is 32.1. The quantitative estimate of drug-likeness (QED) is 0.772. The summed E-state index contributed by atoms with van der Waals surface area (Å²) in [6.45, 7) is 2.11. The third kappa shape index (κ3) is 3.29. The molecule has 3 aromatic rings. The maximum Gasteiger partial charge on any atom is 0.321 e. The van der Waals surface area contributed by atoms with Crippen molar-refractivity contribution in [3.63, 3.8) is 0 Å². The highest BCUT2D eigenvalue weighted by molar-refractivity contribution is 7.13. The van der Waals surface area contributed by atoms with Crippen LogP contribution < -0.4 is 10.6 Å². The molecule has 3 rings (SSSR count). The molecule has 3 heterocycles. The Kier molecular flexibility index (Phi) is 4.10. The van der Waals surface area contributed by atoms with E-state index >= 15 is 0 Å². The zero-order chi connectivity index (χ0) is 15.4. The predicted molar refractivity (Wildman–Crippen MR) is 82.4 cm³/mol. The number of thiazole rings is 1. The number of anilines is 1. The number of urea groups is 1. The van der Waals surface area contributed by atoms with Gasteiger partial charge in [-0.25, -0.2) is 14.8 Å². The standard InChI is InChI=1S/C14H13N5O2S/c1-9-8-22-14(18-9)19-13(20)17-7-10-12(16-5-4-15-10)11-3-2-6-21-11/h2-6,8H,7H2,1H3,(H2,17,18,19,20). The summed E-state index contributed by atoms with van der Waals surface area (Å²) in [7, 11) is 0. The number of hydrogen-bond acceptors (Lipinski definition) is 6. The summed E-state index contributed by atoms with van der Waals surface area (Å²) in [4.78, 5) is 24.5. The fourth-order valence-corrected chi connectivity index (χ4v) is 2.52. The number of amides is 2. The van der Waals surface area contributed by atoms with Crippen LogP contribution in [0.15, 0.2) is 40.6 Å². The van der Waals surface area contributed by atoms with Crippen molar-refractivity contribution in [2.24, 2.45) is 0 Å². The Labute approximate surface area is 130 Å². The summed E-state index contributed by atoms with van der Waals surface area (Å²) in [6, 6.07) is 3.23. The Morgan fingerprint density at radius 2 is 2.23 bits per heavy atom. The molecule has 0 atom stereocenters. The Hall–Kier alpha value is -2.74. The maximum atomic E-state index is 11.9. The predicted octanol–water partition coefficient (Wildman–Crippen LogP) is 2.82. The van der Waals surface area contributed by atoms with Crippen molar-refractivity contribution in [3.8, 4) is 11.5 Å². The van der Waals surface area contributed by atoms with Gasteiger partial charge in [-0.2, -0.15) is 0 Å². The minimum atomic E-state index is -0.342. The molecule has 7 nitrogen and oxygen atoms in total. The molecule has 0 fully saturated rings. The van der Waals surface area contributed by atoms with E-state index in [1.54, 1.807) is 30.8 Å². The fourth-order valence-electron chi connectivity index (χ4n) is 1.83. The topological polar surface area (TPSA) is 92.9 Å². The lowest BCUT2D eigenvalue weighted by Crippen LogP contribution is -2.28. The van der Waals surface area contributed by atoms with E-state index < -0.39 is 0 Å². The first-order chi connectivity index (χ1) is 10.7. The van der Waals surface area contributed by atoms with Crippen LogP contribution in [0, 0.1) is 6.92 Å². The Morgan fingerprint density at radius 1 is 1.36 bits per heavy atom. The average Bonchev–Trinajstić information content (AvgIpc) is 3.17. The third-order valence-corrected chi connectivity index (χ3v) is 3.66. The van der Waals surface area contributed by atoms with Gasteiger partial charge in [0.1, 0.15) is 5.69 Å². The van der Waals surface area contributed by atoms with Crippen LogP contribution in [0.3, 0.4) is 0 Å². The van der Waals surface area contributed by atoms with Gasteiger partial charge >= 0.3 is 6.03 Å². The number of rotatable bonds is 4. The van der Waals surface area contributed by atoms with Gasteiger partial charge in [-0.1, -0.05) is 0 Å². The monoisotopic (exact) mass is 315 g/mol. The lowest BCUT2D eigenvalue weighted by Gasteiger charge is -2.07. The highest BCUT2D eigenvalue weighted by Crippen LogP contribution is 2.20. The van der Waals surface area contributed by atoms with E-state index in [0.29, 0.717) is 22.3 Å². The summed E-state index contributed by atoms with van der Waals surface area (Å²) in [5.41, 5.74) is 2.11. The van der Waals surface area contributed by atoms with Gasteiger partial charge in [0.05, 0.1) is 24.2 Å². The normalized spacial score (nSPS) is 10.4. The molecule has 0 aliphatic rings. The van der Waals surface area contributed by atoms with E-state index in [1.807, 2.05) is 12.3 Å². The lowest BCUT2D eigenvalue weighted by atomic mass is 10.2. The molecule has 0 radical (unpaired) electrons. The minimum absolute atomic E-state index is 0.236. The molecule has 0 saturated heterocycles. The van der Waals surface area contributed by atoms with Crippen LogP contribution in [-0.4, -0.2) is 21.0 Å². The number of carbonyl (C=O) groups excluding carboxylic acids is 1. The van der Waals surface area contributed by atoms with Crippen molar-refractivity contribution in [2.45, 2.75) is 13.5 Å². The summed E-state index contributed by atoms with van der Waals surface area (Å²) < 4.78 is 5.33. The van der Waals surface area contributed by atoms with E-state index in [0.717, 1.165) is 5.69 Å². The summed E-state index contributed by atoms with van der Waals surface area (Å²) in [5.74, 6) is 0.612. The summed E-state index contributed by atoms with van der Waals surface area (Å²) >= 11 is 1.37. The molecule has 0 aliphatic heterocycles. The molecule has 0 saturated carbocycles. The molecule has 3 aromatic heterocycles. The zero-order valence-electron chi connectivity index (χ0n) is 11.7. The second-order valence-corrected chi connectivity index (χ2v) is 5.29. The SMILES string of the molecule is Cc1csc(NC(=O)NCc2nccnc2-c2ccco2)n1. The number of nitrogens with zero attached hydrogens (tertiary/aromatic N) is 3. The van der Waals surface area contributed by atoms with E-state index in [2.05, 4.69) is 25.6 Å². The first-order valence-corrected chi connectivity index (χ1v) is 7.41.